The fraction of sp³-hybridized carbons (Fsp3) is 0.300. The smallest absolute Gasteiger partial charge is 0.157 e. The predicted molar refractivity (Wildman–Crippen MR) is 60.1 cm³/mol. The molecule has 1 aliphatic carbocycles. The lowest BCUT2D eigenvalue weighted by atomic mass is 9.94. The molecule has 0 atom stereocenters. The lowest BCUT2D eigenvalue weighted by molar-refractivity contribution is -0.129. The van der Waals surface area contributed by atoms with E-state index in [4.69, 9.17) is 39.5 Å². The van der Waals surface area contributed by atoms with Gasteiger partial charge in [-0.25, -0.2) is 0 Å². The Labute approximate surface area is 102 Å². The summed E-state index contributed by atoms with van der Waals surface area (Å²) in [5.74, 6) is 0.599. The molecular formula is C10H7Cl3O2. The van der Waals surface area contributed by atoms with Crippen molar-refractivity contribution in [3.05, 3.63) is 27.2 Å². The molecule has 0 heterocycles. The van der Waals surface area contributed by atoms with Crippen LogP contribution in [-0.2, 0) is 4.79 Å². The second kappa shape index (κ2) is 4.20. The molecule has 1 saturated carbocycles. The third-order valence-electron chi connectivity index (χ3n) is 2.16. The summed E-state index contributed by atoms with van der Waals surface area (Å²) >= 11 is 17.6. The van der Waals surface area contributed by atoms with Crippen LogP contribution in [0.5, 0.6) is 5.75 Å². The molecule has 80 valence electrons. The number of halogens is 3. The summed E-state index contributed by atoms with van der Waals surface area (Å²) in [5, 5.41) is 1.20. The monoisotopic (exact) mass is 264 g/mol. The van der Waals surface area contributed by atoms with Crippen molar-refractivity contribution in [3.63, 3.8) is 0 Å². The Hall–Kier alpha value is -0.440. The van der Waals surface area contributed by atoms with E-state index in [0.29, 0.717) is 33.7 Å². The van der Waals surface area contributed by atoms with Crippen LogP contribution in [-0.4, -0.2) is 11.9 Å². The Morgan fingerprint density at radius 2 is 1.67 bits per heavy atom. The summed E-state index contributed by atoms with van der Waals surface area (Å²) in [6.07, 6.45) is 0.749. The molecule has 0 N–H and O–H groups in total. The van der Waals surface area contributed by atoms with Gasteiger partial charge < -0.3 is 4.74 Å². The average Bonchev–Trinajstić information content (AvgIpc) is 2.07. The van der Waals surface area contributed by atoms with Gasteiger partial charge in [0, 0.05) is 17.9 Å². The summed E-state index contributed by atoms with van der Waals surface area (Å²) in [5.41, 5.74) is 0. The van der Waals surface area contributed by atoms with Crippen molar-refractivity contribution >= 4 is 40.6 Å². The number of Topliss-reactive ketones (excluding diaryl/α,β-unsaturated/α-hetero) is 1. The molecule has 0 radical (unpaired) electrons. The molecule has 2 rings (SSSR count). The summed E-state index contributed by atoms with van der Waals surface area (Å²) in [4.78, 5) is 10.8. The molecule has 0 aliphatic heterocycles. The molecule has 0 spiro atoms. The van der Waals surface area contributed by atoms with Crippen LogP contribution in [0.4, 0.5) is 0 Å². The van der Waals surface area contributed by atoms with Crippen LogP contribution in [0.15, 0.2) is 12.1 Å². The van der Waals surface area contributed by atoms with Crippen molar-refractivity contribution in [2.75, 3.05) is 0 Å². The maximum Gasteiger partial charge on any atom is 0.157 e. The molecule has 1 aromatic rings. The van der Waals surface area contributed by atoms with Gasteiger partial charge in [0.15, 0.2) is 5.75 Å². The number of hydrogen-bond donors (Lipinski definition) is 0. The number of carbonyl (C=O) groups excluding carboxylic acids is 1. The summed E-state index contributed by atoms with van der Waals surface area (Å²) in [7, 11) is 0. The van der Waals surface area contributed by atoms with Crippen LogP contribution >= 0.6 is 34.8 Å². The molecule has 0 amide bonds. The Morgan fingerprint density at radius 1 is 1.13 bits per heavy atom. The highest BCUT2D eigenvalue weighted by Crippen LogP contribution is 2.38. The van der Waals surface area contributed by atoms with Gasteiger partial charge in [-0.1, -0.05) is 34.8 Å². The quantitative estimate of drug-likeness (QED) is 0.814. The van der Waals surface area contributed by atoms with Gasteiger partial charge >= 0.3 is 0 Å². The summed E-state index contributed by atoms with van der Waals surface area (Å²) < 4.78 is 5.49. The average molecular weight is 266 g/mol. The number of rotatable bonds is 2. The lowest BCUT2D eigenvalue weighted by Gasteiger charge is -2.26. The lowest BCUT2D eigenvalue weighted by Crippen LogP contribution is -2.33. The fourth-order valence-electron chi connectivity index (χ4n) is 1.34. The number of ether oxygens (including phenoxy) is 1. The van der Waals surface area contributed by atoms with Crippen molar-refractivity contribution in [1.29, 1.82) is 0 Å². The van der Waals surface area contributed by atoms with Crippen LogP contribution in [0.1, 0.15) is 12.8 Å². The first-order valence-corrected chi connectivity index (χ1v) is 5.52. The van der Waals surface area contributed by atoms with Crippen LogP contribution in [0.2, 0.25) is 15.1 Å². The Balaban J connectivity index is 2.17. The van der Waals surface area contributed by atoms with E-state index in [0.717, 1.165) is 0 Å². The second-order valence-electron chi connectivity index (χ2n) is 3.39. The standard InChI is InChI=1S/C10H7Cl3O2/c11-5-1-8(12)10(9(13)2-5)15-7-3-6(14)4-7/h1-2,7H,3-4H2. The van der Waals surface area contributed by atoms with Crippen molar-refractivity contribution in [2.24, 2.45) is 0 Å². The van der Waals surface area contributed by atoms with E-state index < -0.39 is 0 Å². The van der Waals surface area contributed by atoms with Gasteiger partial charge in [-0.2, -0.15) is 0 Å². The summed E-state index contributed by atoms with van der Waals surface area (Å²) in [6.45, 7) is 0. The molecule has 0 unspecified atom stereocenters. The fourth-order valence-corrected chi connectivity index (χ4v) is 2.25. The first-order chi connectivity index (χ1) is 7.06. The molecule has 0 aromatic heterocycles. The van der Waals surface area contributed by atoms with E-state index in [2.05, 4.69) is 0 Å². The molecule has 1 aromatic carbocycles. The second-order valence-corrected chi connectivity index (χ2v) is 4.64. The van der Waals surface area contributed by atoms with Gasteiger partial charge in [0.1, 0.15) is 11.9 Å². The van der Waals surface area contributed by atoms with Gasteiger partial charge in [-0.15, -0.1) is 0 Å². The first-order valence-electron chi connectivity index (χ1n) is 4.39. The van der Waals surface area contributed by atoms with Gasteiger partial charge in [0.2, 0.25) is 0 Å². The zero-order chi connectivity index (χ0) is 11.0. The Kier molecular flexibility index (Phi) is 3.10. The maximum absolute atomic E-state index is 10.8. The largest absolute Gasteiger partial charge is 0.486 e. The molecule has 2 nitrogen and oxygen atoms in total. The maximum atomic E-state index is 10.8. The number of carbonyl (C=O) groups is 1. The Morgan fingerprint density at radius 3 is 2.13 bits per heavy atom. The summed E-state index contributed by atoms with van der Waals surface area (Å²) in [6, 6.07) is 3.12. The first kappa shape index (κ1) is 11.1. The van der Waals surface area contributed by atoms with Crippen molar-refractivity contribution in [3.8, 4) is 5.75 Å². The van der Waals surface area contributed by atoms with Crippen LogP contribution < -0.4 is 4.74 Å². The van der Waals surface area contributed by atoms with E-state index >= 15 is 0 Å². The minimum Gasteiger partial charge on any atom is -0.486 e. The van der Waals surface area contributed by atoms with E-state index in [1.165, 1.54) is 0 Å². The zero-order valence-corrected chi connectivity index (χ0v) is 9.86. The van der Waals surface area contributed by atoms with Crippen LogP contribution in [0.3, 0.4) is 0 Å². The molecule has 15 heavy (non-hydrogen) atoms. The zero-order valence-electron chi connectivity index (χ0n) is 7.60. The number of benzene rings is 1. The van der Waals surface area contributed by atoms with Gasteiger partial charge in [-0.05, 0) is 12.1 Å². The molecule has 1 aliphatic rings. The van der Waals surface area contributed by atoms with E-state index in [9.17, 15) is 4.79 Å². The van der Waals surface area contributed by atoms with Crippen LogP contribution in [0, 0.1) is 0 Å². The molecular weight excluding hydrogens is 258 g/mol. The van der Waals surface area contributed by atoms with Crippen molar-refractivity contribution in [1.82, 2.24) is 0 Å². The van der Waals surface area contributed by atoms with Gasteiger partial charge in [0.25, 0.3) is 0 Å². The van der Waals surface area contributed by atoms with Crippen LogP contribution in [0.25, 0.3) is 0 Å². The molecule has 0 saturated heterocycles. The SMILES string of the molecule is O=C1CC(Oc2c(Cl)cc(Cl)cc2Cl)C1. The normalized spacial score (nSPS) is 16.3. The minimum absolute atomic E-state index is 0.103. The third-order valence-corrected chi connectivity index (χ3v) is 2.94. The van der Waals surface area contributed by atoms with E-state index in [1.807, 2.05) is 0 Å². The molecule has 0 bridgehead atoms. The van der Waals surface area contributed by atoms with Gasteiger partial charge in [-0.3, -0.25) is 4.79 Å². The highest BCUT2D eigenvalue weighted by Gasteiger charge is 2.29. The minimum atomic E-state index is -0.103. The molecule has 1 fully saturated rings. The third kappa shape index (κ3) is 2.39. The molecule has 5 heteroatoms. The highest BCUT2D eigenvalue weighted by molar-refractivity contribution is 6.40. The number of hydrogen-bond acceptors (Lipinski definition) is 2. The van der Waals surface area contributed by atoms with Crippen molar-refractivity contribution in [2.45, 2.75) is 18.9 Å². The topological polar surface area (TPSA) is 26.3 Å². The predicted octanol–water partition coefficient (Wildman–Crippen LogP) is 3.76. The van der Waals surface area contributed by atoms with Gasteiger partial charge in [0.05, 0.1) is 10.0 Å². The number of ketones is 1. The van der Waals surface area contributed by atoms with Crippen molar-refractivity contribution < 1.29 is 9.53 Å². The Bertz CT molecular complexity index is 386. The highest BCUT2D eigenvalue weighted by atomic mass is 35.5. The van der Waals surface area contributed by atoms with E-state index in [1.54, 1.807) is 12.1 Å². The van der Waals surface area contributed by atoms with E-state index in [-0.39, 0.29) is 11.9 Å².